The predicted molar refractivity (Wildman–Crippen MR) is 81.8 cm³/mol. The van der Waals surface area contributed by atoms with Gasteiger partial charge in [0.2, 0.25) is 5.91 Å². The van der Waals surface area contributed by atoms with Gasteiger partial charge in [0, 0.05) is 13.1 Å². The predicted octanol–water partition coefficient (Wildman–Crippen LogP) is 1.92. The maximum atomic E-state index is 12.7. The summed E-state index contributed by atoms with van der Waals surface area (Å²) in [5, 5.41) is 0. The number of amides is 1. The molecule has 1 aromatic carbocycles. The molecule has 1 amide bonds. The first-order chi connectivity index (χ1) is 8.83. The second kappa shape index (κ2) is 6.12. The van der Waals surface area contributed by atoms with Crippen molar-refractivity contribution < 1.29 is 9.53 Å². The van der Waals surface area contributed by atoms with E-state index < -0.39 is 5.54 Å². The Hall–Kier alpha value is -1.10. The quantitative estimate of drug-likeness (QED) is 0.907. The van der Waals surface area contributed by atoms with Crippen molar-refractivity contribution in [2.45, 2.75) is 31.9 Å². The Balaban J connectivity index is 0.00000200. The van der Waals surface area contributed by atoms with Gasteiger partial charge in [-0.25, -0.2) is 0 Å². The molecule has 1 aliphatic heterocycles. The molecule has 2 rings (SSSR count). The van der Waals surface area contributed by atoms with E-state index in [0.717, 1.165) is 5.56 Å². The molecule has 1 fully saturated rings. The lowest BCUT2D eigenvalue weighted by Gasteiger charge is -2.41. The van der Waals surface area contributed by atoms with E-state index in [4.69, 9.17) is 10.5 Å². The van der Waals surface area contributed by atoms with E-state index in [1.165, 1.54) is 0 Å². The summed E-state index contributed by atoms with van der Waals surface area (Å²) in [6.07, 6.45) is 0. The van der Waals surface area contributed by atoms with Crippen LogP contribution in [-0.4, -0.2) is 36.1 Å². The Kier molecular flexibility index (Phi) is 5.19. The molecule has 1 saturated heterocycles. The number of nitrogens with two attached hydrogens (primary N) is 1. The summed E-state index contributed by atoms with van der Waals surface area (Å²) in [6, 6.07) is 9.50. The lowest BCUT2D eigenvalue weighted by Crippen LogP contribution is -2.58. The summed E-state index contributed by atoms with van der Waals surface area (Å²) in [4.78, 5) is 14.5. The van der Waals surface area contributed by atoms with E-state index in [-0.39, 0.29) is 23.9 Å². The first kappa shape index (κ1) is 17.0. The SMILES string of the molecule is CC1(C)CN(C(=O)C(C)(N)c2ccccc2)CCO1.Cl. The van der Waals surface area contributed by atoms with Crippen LogP contribution in [0.3, 0.4) is 0 Å². The molecule has 20 heavy (non-hydrogen) atoms. The third-order valence-corrected chi connectivity index (χ3v) is 3.53. The van der Waals surface area contributed by atoms with Gasteiger partial charge >= 0.3 is 0 Å². The van der Waals surface area contributed by atoms with Crippen molar-refractivity contribution in [3.05, 3.63) is 35.9 Å². The van der Waals surface area contributed by atoms with E-state index in [1.54, 1.807) is 11.8 Å². The summed E-state index contributed by atoms with van der Waals surface area (Å²) in [5.74, 6) is -0.0462. The topological polar surface area (TPSA) is 55.6 Å². The third-order valence-electron chi connectivity index (χ3n) is 3.53. The van der Waals surface area contributed by atoms with Gasteiger partial charge < -0.3 is 15.4 Å². The molecule has 2 N–H and O–H groups in total. The summed E-state index contributed by atoms with van der Waals surface area (Å²) < 4.78 is 5.63. The molecular weight excluding hydrogens is 276 g/mol. The highest BCUT2D eigenvalue weighted by molar-refractivity contribution is 5.87. The second-order valence-corrected chi connectivity index (χ2v) is 5.90. The standard InChI is InChI=1S/C15H22N2O2.ClH/c1-14(2)11-17(9-10-19-14)13(18)15(3,16)12-7-5-4-6-8-12;/h4-8H,9-11,16H2,1-3H3;1H. The molecule has 1 atom stereocenters. The average Bonchev–Trinajstić information content (AvgIpc) is 2.37. The van der Waals surface area contributed by atoms with E-state index in [2.05, 4.69) is 0 Å². The van der Waals surface area contributed by atoms with Crippen LogP contribution in [0.5, 0.6) is 0 Å². The van der Waals surface area contributed by atoms with Crippen LogP contribution >= 0.6 is 12.4 Å². The molecule has 1 heterocycles. The molecule has 0 aliphatic carbocycles. The van der Waals surface area contributed by atoms with Gasteiger partial charge in [-0.05, 0) is 26.3 Å². The van der Waals surface area contributed by atoms with Crippen molar-refractivity contribution in [1.29, 1.82) is 0 Å². The maximum absolute atomic E-state index is 12.7. The summed E-state index contributed by atoms with van der Waals surface area (Å²) >= 11 is 0. The van der Waals surface area contributed by atoms with Gasteiger partial charge in [-0.15, -0.1) is 12.4 Å². The number of nitrogens with zero attached hydrogens (tertiary/aromatic N) is 1. The molecule has 0 spiro atoms. The van der Waals surface area contributed by atoms with Crippen molar-refractivity contribution >= 4 is 18.3 Å². The molecule has 4 nitrogen and oxygen atoms in total. The van der Waals surface area contributed by atoms with Gasteiger partial charge in [-0.1, -0.05) is 30.3 Å². The van der Waals surface area contributed by atoms with E-state index in [9.17, 15) is 4.79 Å². The van der Waals surface area contributed by atoms with Crippen LogP contribution in [0.1, 0.15) is 26.3 Å². The summed E-state index contributed by atoms with van der Waals surface area (Å²) in [5.41, 5.74) is 5.81. The first-order valence-electron chi connectivity index (χ1n) is 6.61. The van der Waals surface area contributed by atoms with E-state index >= 15 is 0 Å². The Morgan fingerprint density at radius 3 is 2.50 bits per heavy atom. The second-order valence-electron chi connectivity index (χ2n) is 5.90. The lowest BCUT2D eigenvalue weighted by molar-refractivity contribution is -0.151. The van der Waals surface area contributed by atoms with Gasteiger partial charge in [0.1, 0.15) is 5.54 Å². The Morgan fingerprint density at radius 1 is 1.35 bits per heavy atom. The van der Waals surface area contributed by atoms with E-state index in [0.29, 0.717) is 19.7 Å². The van der Waals surface area contributed by atoms with Gasteiger partial charge in [0.05, 0.1) is 12.2 Å². The lowest BCUT2D eigenvalue weighted by atomic mass is 9.91. The van der Waals surface area contributed by atoms with Crippen molar-refractivity contribution in [2.24, 2.45) is 5.73 Å². The monoisotopic (exact) mass is 298 g/mol. The van der Waals surface area contributed by atoms with Crippen LogP contribution in [0.2, 0.25) is 0 Å². The molecule has 1 unspecified atom stereocenters. The minimum absolute atomic E-state index is 0. The van der Waals surface area contributed by atoms with Gasteiger partial charge in [-0.3, -0.25) is 4.79 Å². The number of rotatable bonds is 2. The van der Waals surface area contributed by atoms with Crippen molar-refractivity contribution in [1.82, 2.24) is 4.90 Å². The zero-order valence-electron chi connectivity index (χ0n) is 12.3. The van der Waals surface area contributed by atoms with Gasteiger partial charge in [0.25, 0.3) is 0 Å². The number of ether oxygens (including phenoxy) is 1. The van der Waals surface area contributed by atoms with Crippen LogP contribution in [0, 0.1) is 0 Å². The number of carbonyl (C=O) groups is 1. The highest BCUT2D eigenvalue weighted by Crippen LogP contribution is 2.24. The van der Waals surface area contributed by atoms with Crippen LogP contribution < -0.4 is 5.73 Å². The number of carbonyl (C=O) groups excluding carboxylic acids is 1. The van der Waals surface area contributed by atoms with Crippen molar-refractivity contribution in [3.8, 4) is 0 Å². The first-order valence-corrected chi connectivity index (χ1v) is 6.61. The van der Waals surface area contributed by atoms with Crippen LogP contribution in [0.4, 0.5) is 0 Å². The fourth-order valence-electron chi connectivity index (χ4n) is 2.43. The molecule has 0 bridgehead atoms. The fourth-order valence-corrected chi connectivity index (χ4v) is 2.43. The Bertz CT molecular complexity index is 460. The molecular formula is C15H23ClN2O2. The molecule has 1 aromatic rings. The Morgan fingerprint density at radius 2 is 1.95 bits per heavy atom. The number of halogens is 1. The number of morpholine rings is 1. The zero-order chi connectivity index (χ0) is 14.1. The number of benzene rings is 1. The molecule has 112 valence electrons. The average molecular weight is 299 g/mol. The van der Waals surface area contributed by atoms with Gasteiger partial charge in [-0.2, -0.15) is 0 Å². The van der Waals surface area contributed by atoms with E-state index in [1.807, 2.05) is 44.2 Å². The minimum atomic E-state index is -0.991. The minimum Gasteiger partial charge on any atom is -0.372 e. The van der Waals surface area contributed by atoms with Gasteiger partial charge in [0.15, 0.2) is 0 Å². The zero-order valence-corrected chi connectivity index (χ0v) is 13.1. The van der Waals surface area contributed by atoms with Crippen LogP contribution in [0.15, 0.2) is 30.3 Å². The molecule has 0 radical (unpaired) electrons. The maximum Gasteiger partial charge on any atom is 0.247 e. The highest BCUT2D eigenvalue weighted by atomic mass is 35.5. The molecule has 5 heteroatoms. The third kappa shape index (κ3) is 3.51. The van der Waals surface area contributed by atoms with Crippen molar-refractivity contribution in [3.63, 3.8) is 0 Å². The molecule has 0 aromatic heterocycles. The molecule has 1 aliphatic rings. The number of hydrogen-bond donors (Lipinski definition) is 1. The largest absolute Gasteiger partial charge is 0.372 e. The van der Waals surface area contributed by atoms with Crippen LogP contribution in [0.25, 0.3) is 0 Å². The smallest absolute Gasteiger partial charge is 0.247 e. The summed E-state index contributed by atoms with van der Waals surface area (Å²) in [6.45, 7) is 7.48. The number of hydrogen-bond acceptors (Lipinski definition) is 3. The Labute approximate surface area is 126 Å². The fraction of sp³-hybridized carbons (Fsp3) is 0.533. The summed E-state index contributed by atoms with van der Waals surface area (Å²) in [7, 11) is 0. The molecule has 0 saturated carbocycles. The normalized spacial score (nSPS) is 20.7. The highest BCUT2D eigenvalue weighted by Gasteiger charge is 2.38. The van der Waals surface area contributed by atoms with Crippen molar-refractivity contribution in [2.75, 3.05) is 19.7 Å². The van der Waals surface area contributed by atoms with Crippen LogP contribution in [-0.2, 0) is 15.1 Å².